The molecule has 2 amide bonds. The Kier molecular flexibility index (Phi) is 4.34. The van der Waals surface area contributed by atoms with Crippen LogP contribution in [0.1, 0.15) is 11.1 Å². The minimum Gasteiger partial charge on any atom is -0.334 e. The van der Waals surface area contributed by atoms with Crippen LogP contribution in [0.5, 0.6) is 0 Å². The van der Waals surface area contributed by atoms with E-state index in [0.29, 0.717) is 12.8 Å². The van der Waals surface area contributed by atoms with E-state index < -0.39 is 0 Å². The quantitative estimate of drug-likeness (QED) is 0.722. The first kappa shape index (κ1) is 11.2. The van der Waals surface area contributed by atoms with E-state index in [1.807, 2.05) is 31.2 Å². The number of nitrogens with one attached hydrogen (secondary N) is 2. The van der Waals surface area contributed by atoms with Crippen molar-refractivity contribution in [3.63, 3.8) is 0 Å². The van der Waals surface area contributed by atoms with Gasteiger partial charge in [0.05, 0.1) is 6.54 Å². The Balaban J connectivity index is 2.33. The molecular formula is C11H14N2O2. The first-order valence-corrected chi connectivity index (χ1v) is 4.73. The number of hydrogen-bond acceptors (Lipinski definition) is 2. The average Bonchev–Trinajstić information content (AvgIpc) is 2.25. The third-order valence-electron chi connectivity index (χ3n) is 1.92. The minimum atomic E-state index is -0.331. The number of hydrogen-bond donors (Lipinski definition) is 2. The fourth-order valence-electron chi connectivity index (χ4n) is 1.09. The van der Waals surface area contributed by atoms with Crippen molar-refractivity contribution in [1.82, 2.24) is 10.6 Å². The summed E-state index contributed by atoms with van der Waals surface area (Å²) < 4.78 is 0. The van der Waals surface area contributed by atoms with Gasteiger partial charge in [0, 0.05) is 6.54 Å². The van der Waals surface area contributed by atoms with E-state index in [2.05, 4.69) is 10.6 Å². The summed E-state index contributed by atoms with van der Waals surface area (Å²) in [7, 11) is 0. The fraction of sp³-hybridized carbons (Fsp3) is 0.273. The van der Waals surface area contributed by atoms with Crippen LogP contribution in [0.15, 0.2) is 24.3 Å². The monoisotopic (exact) mass is 206 g/mol. The summed E-state index contributed by atoms with van der Waals surface area (Å²) in [6.45, 7) is 2.51. The van der Waals surface area contributed by atoms with Gasteiger partial charge >= 0.3 is 6.03 Å². The van der Waals surface area contributed by atoms with Gasteiger partial charge in [-0.05, 0) is 12.5 Å². The third-order valence-corrected chi connectivity index (χ3v) is 1.92. The Morgan fingerprint density at radius 1 is 1.27 bits per heavy atom. The van der Waals surface area contributed by atoms with Crippen LogP contribution in [-0.2, 0) is 11.3 Å². The smallest absolute Gasteiger partial charge is 0.315 e. The first-order valence-electron chi connectivity index (χ1n) is 4.73. The van der Waals surface area contributed by atoms with Crippen LogP contribution in [0.2, 0.25) is 0 Å². The number of aryl methyl sites for hydroxylation is 1. The van der Waals surface area contributed by atoms with Gasteiger partial charge in [0.25, 0.3) is 0 Å². The van der Waals surface area contributed by atoms with Crippen molar-refractivity contribution in [2.75, 3.05) is 6.54 Å². The molecule has 0 saturated heterocycles. The van der Waals surface area contributed by atoms with E-state index in [1.54, 1.807) is 0 Å². The highest BCUT2D eigenvalue weighted by Crippen LogP contribution is 2.01. The number of urea groups is 1. The van der Waals surface area contributed by atoms with E-state index in [4.69, 9.17) is 0 Å². The normalized spacial score (nSPS) is 9.40. The van der Waals surface area contributed by atoms with E-state index in [1.165, 1.54) is 5.56 Å². The van der Waals surface area contributed by atoms with Gasteiger partial charge in [-0.15, -0.1) is 0 Å². The van der Waals surface area contributed by atoms with Crippen LogP contribution >= 0.6 is 0 Å². The summed E-state index contributed by atoms with van der Waals surface area (Å²) in [6.07, 6.45) is 0.644. The highest BCUT2D eigenvalue weighted by atomic mass is 16.2. The number of rotatable bonds is 4. The maximum Gasteiger partial charge on any atom is 0.315 e. The minimum absolute atomic E-state index is 0.0414. The van der Waals surface area contributed by atoms with Gasteiger partial charge in [-0.3, -0.25) is 0 Å². The second-order valence-corrected chi connectivity index (χ2v) is 3.22. The lowest BCUT2D eigenvalue weighted by atomic mass is 10.1. The summed E-state index contributed by atoms with van der Waals surface area (Å²) in [5.41, 5.74) is 2.21. The number of benzene rings is 1. The molecule has 0 aliphatic rings. The van der Waals surface area contributed by atoms with Gasteiger partial charge in [0.1, 0.15) is 6.29 Å². The van der Waals surface area contributed by atoms with Crippen molar-refractivity contribution in [2.24, 2.45) is 0 Å². The zero-order chi connectivity index (χ0) is 11.1. The fourth-order valence-corrected chi connectivity index (χ4v) is 1.09. The Morgan fingerprint density at radius 2 is 1.93 bits per heavy atom. The maximum atomic E-state index is 11.1. The maximum absolute atomic E-state index is 11.1. The summed E-state index contributed by atoms with van der Waals surface area (Å²) in [5, 5.41) is 5.04. The molecule has 0 aliphatic heterocycles. The first-order chi connectivity index (χ1) is 7.22. The van der Waals surface area contributed by atoms with Crippen LogP contribution in [-0.4, -0.2) is 18.9 Å². The molecule has 0 heterocycles. The molecule has 0 aliphatic carbocycles. The largest absolute Gasteiger partial charge is 0.334 e. The van der Waals surface area contributed by atoms with Crippen molar-refractivity contribution in [3.8, 4) is 0 Å². The number of carbonyl (C=O) groups is 2. The molecule has 4 heteroatoms. The SMILES string of the molecule is Cc1ccc(CNC(=O)NCC=O)cc1. The molecule has 1 aromatic carbocycles. The number of amides is 2. The van der Waals surface area contributed by atoms with Gasteiger partial charge in [0.2, 0.25) is 0 Å². The molecular weight excluding hydrogens is 192 g/mol. The van der Waals surface area contributed by atoms with Crippen LogP contribution in [0, 0.1) is 6.92 Å². The summed E-state index contributed by atoms with van der Waals surface area (Å²) in [5.74, 6) is 0. The molecule has 15 heavy (non-hydrogen) atoms. The molecule has 0 fully saturated rings. The van der Waals surface area contributed by atoms with Crippen molar-refractivity contribution >= 4 is 12.3 Å². The highest BCUT2D eigenvalue weighted by molar-refractivity contribution is 5.76. The molecule has 1 aromatic rings. The Labute approximate surface area is 88.7 Å². The lowest BCUT2D eigenvalue weighted by molar-refractivity contribution is -0.107. The van der Waals surface area contributed by atoms with Crippen LogP contribution in [0.25, 0.3) is 0 Å². The molecule has 0 atom stereocenters. The van der Waals surface area contributed by atoms with Crippen LogP contribution in [0.4, 0.5) is 4.79 Å². The molecule has 4 nitrogen and oxygen atoms in total. The number of aldehydes is 1. The van der Waals surface area contributed by atoms with Crippen molar-refractivity contribution < 1.29 is 9.59 Å². The molecule has 0 spiro atoms. The van der Waals surface area contributed by atoms with Gasteiger partial charge in [0.15, 0.2) is 0 Å². The zero-order valence-electron chi connectivity index (χ0n) is 8.62. The lowest BCUT2D eigenvalue weighted by Gasteiger charge is -2.05. The van der Waals surface area contributed by atoms with E-state index >= 15 is 0 Å². The standard InChI is InChI=1S/C11H14N2O2/c1-9-2-4-10(5-3-9)8-13-11(15)12-6-7-14/h2-5,7H,6,8H2,1H3,(H2,12,13,15). The predicted molar refractivity (Wildman–Crippen MR) is 57.5 cm³/mol. The van der Waals surface area contributed by atoms with Gasteiger partial charge in [-0.2, -0.15) is 0 Å². The van der Waals surface area contributed by atoms with Crippen LogP contribution < -0.4 is 10.6 Å². The second kappa shape index (κ2) is 5.80. The van der Waals surface area contributed by atoms with Gasteiger partial charge in [-0.1, -0.05) is 29.8 Å². The molecule has 0 saturated carbocycles. The van der Waals surface area contributed by atoms with Gasteiger partial charge in [-0.25, -0.2) is 4.79 Å². The van der Waals surface area contributed by atoms with Crippen LogP contribution in [0.3, 0.4) is 0 Å². The Hall–Kier alpha value is -1.84. The molecule has 0 bridgehead atoms. The Bertz CT molecular complexity index is 333. The van der Waals surface area contributed by atoms with Crippen molar-refractivity contribution in [1.29, 1.82) is 0 Å². The molecule has 0 unspecified atom stereocenters. The average molecular weight is 206 g/mol. The van der Waals surface area contributed by atoms with E-state index in [9.17, 15) is 9.59 Å². The van der Waals surface area contributed by atoms with Gasteiger partial charge < -0.3 is 15.4 Å². The molecule has 1 rings (SSSR count). The molecule has 0 aromatic heterocycles. The van der Waals surface area contributed by atoms with Crippen molar-refractivity contribution in [2.45, 2.75) is 13.5 Å². The number of carbonyl (C=O) groups excluding carboxylic acids is 2. The zero-order valence-corrected chi connectivity index (χ0v) is 8.62. The predicted octanol–water partition coefficient (Wildman–Crippen LogP) is 0.993. The third kappa shape index (κ3) is 4.26. The topological polar surface area (TPSA) is 58.2 Å². The summed E-state index contributed by atoms with van der Waals surface area (Å²) in [6, 6.07) is 7.55. The summed E-state index contributed by atoms with van der Waals surface area (Å²) in [4.78, 5) is 21.0. The molecule has 2 N–H and O–H groups in total. The lowest BCUT2D eigenvalue weighted by Crippen LogP contribution is -2.35. The molecule has 0 radical (unpaired) electrons. The second-order valence-electron chi connectivity index (χ2n) is 3.22. The molecule has 80 valence electrons. The summed E-state index contributed by atoms with van der Waals surface area (Å²) >= 11 is 0. The van der Waals surface area contributed by atoms with Crippen molar-refractivity contribution in [3.05, 3.63) is 35.4 Å². The Morgan fingerprint density at radius 3 is 2.53 bits per heavy atom. The van der Waals surface area contributed by atoms with E-state index in [-0.39, 0.29) is 12.6 Å². The highest BCUT2D eigenvalue weighted by Gasteiger charge is 1.98. The van der Waals surface area contributed by atoms with E-state index in [0.717, 1.165) is 5.56 Å².